The number of carbonyl (C=O) groups excluding carboxylic acids is 1. The zero-order chi connectivity index (χ0) is 9.26. The van der Waals surface area contributed by atoms with Crippen molar-refractivity contribution in [2.75, 3.05) is 11.9 Å². The van der Waals surface area contributed by atoms with Gasteiger partial charge < -0.3 is 10.1 Å². The molecule has 1 atom stereocenters. The Bertz CT molecular complexity index is 338. The largest absolute Gasteiger partial charge is 0.384 e. The van der Waals surface area contributed by atoms with Crippen LogP contribution in [-0.2, 0) is 4.79 Å². The minimum absolute atomic E-state index is 0.00921. The second-order valence-electron chi connectivity index (χ2n) is 3.16. The SMILES string of the molecule is O=CC1CCNc2c(Cl)cccc21. The zero-order valence-corrected chi connectivity index (χ0v) is 7.84. The number of fused-ring (bicyclic) bond motifs is 1. The van der Waals surface area contributed by atoms with E-state index in [1.807, 2.05) is 18.2 Å². The maximum atomic E-state index is 10.8. The lowest BCUT2D eigenvalue weighted by Gasteiger charge is -2.23. The van der Waals surface area contributed by atoms with E-state index in [0.717, 1.165) is 30.5 Å². The normalized spacial score (nSPS) is 20.2. The fourth-order valence-electron chi connectivity index (χ4n) is 1.69. The fourth-order valence-corrected chi connectivity index (χ4v) is 1.93. The predicted octanol–water partition coefficient (Wildman–Crippen LogP) is 2.44. The molecule has 0 amide bonds. The van der Waals surface area contributed by atoms with Gasteiger partial charge in [-0.1, -0.05) is 23.7 Å². The first-order valence-corrected chi connectivity index (χ1v) is 4.68. The van der Waals surface area contributed by atoms with Gasteiger partial charge in [-0.15, -0.1) is 0 Å². The van der Waals surface area contributed by atoms with Gasteiger partial charge in [-0.05, 0) is 18.1 Å². The van der Waals surface area contributed by atoms with Crippen LogP contribution in [0.1, 0.15) is 17.9 Å². The number of carbonyl (C=O) groups is 1. The molecule has 1 N–H and O–H groups in total. The van der Waals surface area contributed by atoms with Gasteiger partial charge in [0, 0.05) is 12.5 Å². The Hall–Kier alpha value is -1.02. The number of nitrogens with one attached hydrogen (secondary N) is 1. The molecule has 0 saturated heterocycles. The first-order valence-electron chi connectivity index (χ1n) is 4.30. The van der Waals surface area contributed by atoms with Crippen molar-refractivity contribution in [3.63, 3.8) is 0 Å². The van der Waals surface area contributed by atoms with E-state index in [-0.39, 0.29) is 5.92 Å². The first-order chi connectivity index (χ1) is 6.33. The van der Waals surface area contributed by atoms with E-state index < -0.39 is 0 Å². The summed E-state index contributed by atoms with van der Waals surface area (Å²) in [6.45, 7) is 0.820. The maximum absolute atomic E-state index is 10.8. The van der Waals surface area contributed by atoms with Gasteiger partial charge in [-0.25, -0.2) is 0 Å². The molecular weight excluding hydrogens is 186 g/mol. The molecule has 2 rings (SSSR count). The van der Waals surface area contributed by atoms with E-state index in [4.69, 9.17) is 11.6 Å². The topological polar surface area (TPSA) is 29.1 Å². The summed E-state index contributed by atoms with van der Waals surface area (Å²) in [6, 6.07) is 5.66. The van der Waals surface area contributed by atoms with Gasteiger partial charge in [0.1, 0.15) is 6.29 Å². The summed E-state index contributed by atoms with van der Waals surface area (Å²) in [4.78, 5) is 10.8. The summed E-state index contributed by atoms with van der Waals surface area (Å²) in [5, 5.41) is 3.90. The summed E-state index contributed by atoms with van der Waals surface area (Å²) >= 11 is 5.99. The molecule has 0 spiro atoms. The van der Waals surface area contributed by atoms with Crippen molar-refractivity contribution in [2.45, 2.75) is 12.3 Å². The lowest BCUT2D eigenvalue weighted by molar-refractivity contribution is -0.109. The van der Waals surface area contributed by atoms with Gasteiger partial charge in [-0.3, -0.25) is 0 Å². The van der Waals surface area contributed by atoms with Crippen LogP contribution in [0.3, 0.4) is 0 Å². The van der Waals surface area contributed by atoms with E-state index in [9.17, 15) is 4.79 Å². The molecule has 68 valence electrons. The number of rotatable bonds is 1. The summed E-state index contributed by atoms with van der Waals surface area (Å²) in [5.74, 6) is 0.00921. The molecular formula is C10H10ClNO. The highest BCUT2D eigenvalue weighted by atomic mass is 35.5. The molecule has 1 aromatic rings. The fraction of sp³-hybridized carbons (Fsp3) is 0.300. The lowest BCUT2D eigenvalue weighted by atomic mass is 9.92. The molecule has 1 unspecified atom stereocenters. The molecule has 13 heavy (non-hydrogen) atoms. The van der Waals surface area contributed by atoms with Crippen LogP contribution in [0.25, 0.3) is 0 Å². The van der Waals surface area contributed by atoms with Crippen molar-refractivity contribution in [3.05, 3.63) is 28.8 Å². The first kappa shape index (κ1) is 8.57. The van der Waals surface area contributed by atoms with Crippen LogP contribution in [0, 0.1) is 0 Å². The number of hydrogen-bond acceptors (Lipinski definition) is 2. The van der Waals surface area contributed by atoms with Crippen LogP contribution in [-0.4, -0.2) is 12.8 Å². The van der Waals surface area contributed by atoms with Crippen LogP contribution in [0.15, 0.2) is 18.2 Å². The number of hydrogen-bond donors (Lipinski definition) is 1. The van der Waals surface area contributed by atoms with Crippen molar-refractivity contribution in [3.8, 4) is 0 Å². The van der Waals surface area contributed by atoms with E-state index >= 15 is 0 Å². The van der Waals surface area contributed by atoms with Crippen molar-refractivity contribution in [1.29, 1.82) is 0 Å². The Morgan fingerprint density at radius 1 is 1.54 bits per heavy atom. The summed E-state index contributed by atoms with van der Waals surface area (Å²) in [6.07, 6.45) is 1.85. The van der Waals surface area contributed by atoms with E-state index in [1.54, 1.807) is 0 Å². The monoisotopic (exact) mass is 195 g/mol. The second kappa shape index (κ2) is 3.38. The molecule has 1 heterocycles. The van der Waals surface area contributed by atoms with Gasteiger partial charge >= 0.3 is 0 Å². The van der Waals surface area contributed by atoms with Crippen LogP contribution in [0.4, 0.5) is 5.69 Å². The number of aldehydes is 1. The Kier molecular flexibility index (Phi) is 2.23. The lowest BCUT2D eigenvalue weighted by Crippen LogP contribution is -2.17. The molecule has 3 heteroatoms. The number of para-hydroxylation sites is 1. The standard InChI is InChI=1S/C10H10ClNO/c11-9-3-1-2-8-7(6-13)4-5-12-10(8)9/h1-3,6-7,12H,4-5H2. The van der Waals surface area contributed by atoms with E-state index in [1.165, 1.54) is 0 Å². The van der Waals surface area contributed by atoms with Crippen LogP contribution < -0.4 is 5.32 Å². The highest BCUT2D eigenvalue weighted by molar-refractivity contribution is 6.33. The Labute approximate surface area is 81.9 Å². The minimum atomic E-state index is 0.00921. The van der Waals surface area contributed by atoms with Gasteiger partial charge in [0.25, 0.3) is 0 Å². The smallest absolute Gasteiger partial charge is 0.127 e. The predicted molar refractivity (Wildman–Crippen MR) is 53.4 cm³/mol. The van der Waals surface area contributed by atoms with Gasteiger partial charge in [-0.2, -0.15) is 0 Å². The summed E-state index contributed by atoms with van der Waals surface area (Å²) in [5.41, 5.74) is 1.95. The van der Waals surface area contributed by atoms with Crippen LogP contribution in [0.5, 0.6) is 0 Å². The zero-order valence-electron chi connectivity index (χ0n) is 7.09. The Morgan fingerprint density at radius 2 is 2.38 bits per heavy atom. The van der Waals surface area contributed by atoms with Crippen molar-refractivity contribution >= 4 is 23.6 Å². The van der Waals surface area contributed by atoms with Crippen LogP contribution in [0.2, 0.25) is 5.02 Å². The molecule has 2 nitrogen and oxygen atoms in total. The van der Waals surface area contributed by atoms with Crippen LogP contribution >= 0.6 is 11.6 Å². The average molecular weight is 196 g/mol. The van der Waals surface area contributed by atoms with Gasteiger partial charge in [0.2, 0.25) is 0 Å². The maximum Gasteiger partial charge on any atom is 0.127 e. The Balaban J connectivity index is 2.51. The molecule has 1 aromatic carbocycles. The Morgan fingerprint density at radius 3 is 3.15 bits per heavy atom. The molecule has 1 aliphatic heterocycles. The molecule has 0 fully saturated rings. The average Bonchev–Trinajstić information content (AvgIpc) is 2.18. The third-order valence-electron chi connectivity index (χ3n) is 2.37. The number of benzene rings is 1. The number of halogens is 1. The third-order valence-corrected chi connectivity index (χ3v) is 2.68. The van der Waals surface area contributed by atoms with Gasteiger partial charge in [0.05, 0.1) is 10.7 Å². The molecule has 0 bridgehead atoms. The van der Waals surface area contributed by atoms with E-state index in [0.29, 0.717) is 5.02 Å². The number of anilines is 1. The second-order valence-corrected chi connectivity index (χ2v) is 3.57. The highest BCUT2D eigenvalue weighted by Gasteiger charge is 2.20. The summed E-state index contributed by atoms with van der Waals surface area (Å²) < 4.78 is 0. The molecule has 0 radical (unpaired) electrons. The van der Waals surface area contributed by atoms with Crippen molar-refractivity contribution in [1.82, 2.24) is 0 Å². The molecule has 0 aromatic heterocycles. The minimum Gasteiger partial charge on any atom is -0.384 e. The van der Waals surface area contributed by atoms with E-state index in [2.05, 4.69) is 5.32 Å². The molecule has 0 aliphatic carbocycles. The third kappa shape index (κ3) is 1.42. The van der Waals surface area contributed by atoms with Crippen molar-refractivity contribution in [2.24, 2.45) is 0 Å². The van der Waals surface area contributed by atoms with Gasteiger partial charge in [0.15, 0.2) is 0 Å². The molecule has 0 saturated carbocycles. The highest BCUT2D eigenvalue weighted by Crippen LogP contribution is 2.35. The summed E-state index contributed by atoms with van der Waals surface area (Å²) in [7, 11) is 0. The quantitative estimate of drug-likeness (QED) is 0.698. The molecule has 1 aliphatic rings. The van der Waals surface area contributed by atoms with Crippen molar-refractivity contribution < 1.29 is 4.79 Å².